The monoisotopic (exact) mass is 468 g/mol. The molecule has 2 aromatic carbocycles. The molecule has 0 saturated carbocycles. The highest BCUT2D eigenvalue weighted by atomic mass is 35.5. The van der Waals surface area contributed by atoms with Gasteiger partial charge in [-0.05, 0) is 48.7 Å². The maximum absolute atomic E-state index is 13.3. The van der Waals surface area contributed by atoms with Gasteiger partial charge in [0.1, 0.15) is 11.9 Å². The van der Waals surface area contributed by atoms with Crippen molar-refractivity contribution in [3.05, 3.63) is 59.1 Å². The molecule has 2 aliphatic heterocycles. The van der Waals surface area contributed by atoms with E-state index in [-0.39, 0.29) is 17.7 Å². The summed E-state index contributed by atoms with van der Waals surface area (Å²) in [4.78, 5) is 37.5. The van der Waals surface area contributed by atoms with Crippen LogP contribution < -0.4 is 5.32 Å². The normalized spacial score (nSPS) is 18.9. The molecule has 0 fully saturated rings. The third kappa shape index (κ3) is 4.32. The Morgan fingerprint density at radius 1 is 1.16 bits per heavy atom. The summed E-state index contributed by atoms with van der Waals surface area (Å²) in [5, 5.41) is 3.61. The van der Waals surface area contributed by atoms with Gasteiger partial charge >= 0.3 is 0 Å². The first-order valence-corrected chi connectivity index (χ1v) is 12.0. The molecule has 0 spiro atoms. The zero-order chi connectivity index (χ0) is 22.8. The number of benzene rings is 2. The molecule has 1 N–H and O–H groups in total. The van der Waals surface area contributed by atoms with Crippen LogP contribution in [-0.4, -0.2) is 39.0 Å². The Morgan fingerprint density at radius 3 is 2.56 bits per heavy atom. The number of nitrogens with one attached hydrogen (secondary N) is 1. The number of para-hydroxylation sites is 1. The minimum Gasteiger partial charge on any atom is -0.325 e. The number of fused-ring (bicyclic) bond motifs is 3. The average Bonchev–Trinajstić information content (AvgIpc) is 3.16. The molecule has 0 aliphatic carbocycles. The van der Waals surface area contributed by atoms with Crippen molar-refractivity contribution >= 4 is 57.6 Å². The van der Waals surface area contributed by atoms with Gasteiger partial charge in [0.05, 0.1) is 10.9 Å². The Labute approximate surface area is 197 Å². The molecular weight excluding hydrogens is 444 g/mol. The lowest BCUT2D eigenvalue weighted by atomic mass is 10.00. The smallest absolute Gasteiger partial charge is 0.259 e. The minimum atomic E-state index is -0.435. The van der Waals surface area contributed by atoms with Gasteiger partial charge in [-0.1, -0.05) is 62.7 Å². The highest BCUT2D eigenvalue weighted by Gasteiger charge is 2.43. The molecule has 8 heteroatoms. The Bertz CT molecular complexity index is 1100. The van der Waals surface area contributed by atoms with Gasteiger partial charge in [0.15, 0.2) is 5.17 Å². The lowest BCUT2D eigenvalue weighted by Crippen LogP contribution is -2.43. The van der Waals surface area contributed by atoms with Crippen molar-refractivity contribution in [2.45, 2.75) is 44.9 Å². The topological polar surface area (TPSA) is 74.1 Å². The molecule has 2 heterocycles. The summed E-state index contributed by atoms with van der Waals surface area (Å²) in [6.07, 6.45) is 1.43. The number of aliphatic imine (C=N–C) groups is 2. The molecule has 4 rings (SSSR count). The molecule has 6 nitrogen and oxygen atoms in total. The number of carbonyl (C=O) groups is 2. The fourth-order valence-electron chi connectivity index (χ4n) is 3.65. The highest BCUT2D eigenvalue weighted by Crippen LogP contribution is 2.36. The Balaban J connectivity index is 1.62. The van der Waals surface area contributed by atoms with Crippen molar-refractivity contribution in [3.8, 4) is 0 Å². The van der Waals surface area contributed by atoms with Crippen LogP contribution in [0.2, 0.25) is 5.02 Å². The Hall–Kier alpha value is -2.64. The van der Waals surface area contributed by atoms with Gasteiger partial charge in [-0.2, -0.15) is 0 Å². The van der Waals surface area contributed by atoms with Crippen molar-refractivity contribution in [2.75, 3.05) is 5.32 Å². The minimum absolute atomic E-state index is 0.0805. The molecule has 0 aromatic heterocycles. The second kappa shape index (κ2) is 9.46. The molecule has 0 unspecified atom stereocenters. The summed E-state index contributed by atoms with van der Waals surface area (Å²) in [7, 11) is 0. The van der Waals surface area contributed by atoms with Crippen molar-refractivity contribution in [3.63, 3.8) is 0 Å². The average molecular weight is 469 g/mol. The van der Waals surface area contributed by atoms with Gasteiger partial charge in [0, 0.05) is 16.3 Å². The van der Waals surface area contributed by atoms with Crippen LogP contribution in [0.5, 0.6) is 0 Å². The van der Waals surface area contributed by atoms with Crippen LogP contribution in [0.4, 0.5) is 11.4 Å². The number of rotatable bonds is 6. The molecule has 0 bridgehead atoms. The van der Waals surface area contributed by atoms with E-state index in [2.05, 4.69) is 12.2 Å². The van der Waals surface area contributed by atoms with E-state index in [1.54, 1.807) is 29.2 Å². The molecule has 166 valence electrons. The Kier molecular flexibility index (Phi) is 6.67. The fourth-order valence-corrected chi connectivity index (χ4v) is 4.79. The number of nitrogens with zero attached hydrogens (tertiary/aromatic N) is 3. The lowest BCUT2D eigenvalue weighted by Gasteiger charge is -2.27. The molecule has 2 aliphatic rings. The number of carbonyl (C=O) groups excluding carboxylic acids is 2. The molecule has 2 amide bonds. The molecule has 0 radical (unpaired) electrons. The van der Waals surface area contributed by atoms with Gasteiger partial charge in [0.25, 0.3) is 5.91 Å². The molecule has 0 saturated heterocycles. The van der Waals surface area contributed by atoms with Gasteiger partial charge in [-0.25, -0.2) is 9.89 Å². The quantitative estimate of drug-likeness (QED) is 0.608. The van der Waals surface area contributed by atoms with Crippen molar-refractivity contribution < 1.29 is 9.59 Å². The number of halogens is 1. The van der Waals surface area contributed by atoms with Crippen LogP contribution in [0.1, 0.15) is 39.2 Å². The predicted octanol–water partition coefficient (Wildman–Crippen LogP) is 5.50. The summed E-state index contributed by atoms with van der Waals surface area (Å²) in [5.74, 6) is 0.517. The van der Waals surface area contributed by atoms with E-state index in [0.717, 1.165) is 17.7 Å². The number of hydrogen-bond donors (Lipinski definition) is 1. The molecule has 2 aromatic rings. The third-order valence-corrected chi connectivity index (χ3v) is 7.27. The molecular formula is C24H25ClN4O2S. The first-order chi connectivity index (χ1) is 15.4. The summed E-state index contributed by atoms with van der Waals surface area (Å²) in [5.41, 5.74) is 2.27. The summed E-state index contributed by atoms with van der Waals surface area (Å²) in [6.45, 7) is 6.04. The molecule has 3 atom stereocenters. The fraction of sp³-hybridized carbons (Fsp3) is 0.333. The second-order valence-electron chi connectivity index (χ2n) is 7.88. The lowest BCUT2D eigenvalue weighted by molar-refractivity contribution is -0.125. The van der Waals surface area contributed by atoms with E-state index in [1.807, 2.05) is 38.1 Å². The van der Waals surface area contributed by atoms with Crippen molar-refractivity contribution in [1.29, 1.82) is 0 Å². The SMILES string of the molecule is CC[C@H](SC1=Nc2ccccc2C2=N[C@@H]([C@@H](C)CC)C(=O)N12)C(=O)Nc1ccc(Cl)cc1. The third-order valence-electron chi connectivity index (χ3n) is 5.70. The number of amides is 2. The van der Waals surface area contributed by atoms with Gasteiger partial charge in [-0.15, -0.1) is 0 Å². The summed E-state index contributed by atoms with van der Waals surface area (Å²) in [6, 6.07) is 14.2. The first-order valence-electron chi connectivity index (χ1n) is 10.8. The maximum atomic E-state index is 13.3. The van der Waals surface area contributed by atoms with Gasteiger partial charge in [-0.3, -0.25) is 14.6 Å². The molecule has 32 heavy (non-hydrogen) atoms. The zero-order valence-electron chi connectivity index (χ0n) is 18.2. The van der Waals surface area contributed by atoms with Crippen LogP contribution >= 0.6 is 23.4 Å². The first kappa shape index (κ1) is 22.6. The van der Waals surface area contributed by atoms with Gasteiger partial charge < -0.3 is 5.32 Å². The van der Waals surface area contributed by atoms with E-state index in [1.165, 1.54) is 11.8 Å². The van der Waals surface area contributed by atoms with E-state index in [0.29, 0.717) is 28.1 Å². The van der Waals surface area contributed by atoms with Crippen LogP contribution in [0, 0.1) is 5.92 Å². The van der Waals surface area contributed by atoms with Crippen molar-refractivity contribution in [2.24, 2.45) is 15.9 Å². The van der Waals surface area contributed by atoms with E-state index < -0.39 is 11.3 Å². The number of hydrogen-bond acceptors (Lipinski definition) is 5. The zero-order valence-corrected chi connectivity index (χ0v) is 19.8. The van der Waals surface area contributed by atoms with Crippen LogP contribution in [0.3, 0.4) is 0 Å². The van der Waals surface area contributed by atoms with Gasteiger partial charge in [0.2, 0.25) is 5.91 Å². The Morgan fingerprint density at radius 2 is 1.88 bits per heavy atom. The number of amidine groups is 2. The second-order valence-corrected chi connectivity index (χ2v) is 9.49. The summed E-state index contributed by atoms with van der Waals surface area (Å²) >= 11 is 7.23. The van der Waals surface area contributed by atoms with E-state index in [4.69, 9.17) is 21.6 Å². The largest absolute Gasteiger partial charge is 0.325 e. The van der Waals surface area contributed by atoms with E-state index in [9.17, 15) is 9.59 Å². The van der Waals surface area contributed by atoms with Crippen LogP contribution in [-0.2, 0) is 9.59 Å². The maximum Gasteiger partial charge on any atom is 0.259 e. The van der Waals surface area contributed by atoms with E-state index >= 15 is 0 Å². The highest BCUT2D eigenvalue weighted by molar-refractivity contribution is 8.15. The predicted molar refractivity (Wildman–Crippen MR) is 132 cm³/mol. The summed E-state index contributed by atoms with van der Waals surface area (Å²) < 4.78 is 0. The van der Waals surface area contributed by atoms with Crippen molar-refractivity contribution in [1.82, 2.24) is 4.90 Å². The number of anilines is 1. The standard InChI is InChI=1S/C24H25ClN4O2S/c1-4-14(3)20-23(31)29-21(28-20)17-8-6-7-9-18(17)27-24(29)32-19(5-2)22(30)26-16-12-10-15(25)11-13-16/h6-14,19-20H,4-5H2,1-3H3,(H,26,30)/t14-,19-,20-/m0/s1. The van der Waals surface area contributed by atoms with Crippen LogP contribution in [0.15, 0.2) is 58.5 Å². The van der Waals surface area contributed by atoms with Crippen LogP contribution in [0.25, 0.3) is 0 Å². The number of thioether (sulfide) groups is 1.